The van der Waals surface area contributed by atoms with Gasteiger partial charge in [0.25, 0.3) is 5.91 Å². The molecule has 1 aromatic heterocycles. The number of piperazine rings is 1. The quantitative estimate of drug-likeness (QED) is 0.789. The molecule has 1 saturated heterocycles. The van der Waals surface area contributed by atoms with Gasteiger partial charge in [-0.2, -0.15) is 4.31 Å². The Labute approximate surface area is 157 Å². The van der Waals surface area contributed by atoms with Crippen molar-refractivity contribution in [1.82, 2.24) is 14.4 Å². The van der Waals surface area contributed by atoms with E-state index in [9.17, 15) is 13.2 Å². The Morgan fingerprint density at radius 1 is 1.15 bits per heavy atom. The standard InChI is InChI=1S/C17H20ClN3O4S/c1-12-16(13(2)25-19-12)17(22)20-7-9-21(10-8-20)26(23,24)11-14-3-5-15(18)6-4-14/h3-6H,7-11H2,1-2H3. The summed E-state index contributed by atoms with van der Waals surface area (Å²) in [7, 11) is -3.45. The molecule has 140 valence electrons. The Kier molecular flexibility index (Phi) is 5.36. The van der Waals surface area contributed by atoms with Crippen molar-refractivity contribution in [3.63, 3.8) is 0 Å². The van der Waals surface area contributed by atoms with Gasteiger partial charge in [0, 0.05) is 31.2 Å². The summed E-state index contributed by atoms with van der Waals surface area (Å²) in [5.74, 6) is 0.225. The van der Waals surface area contributed by atoms with Gasteiger partial charge in [-0.1, -0.05) is 28.9 Å². The first kappa shape index (κ1) is 18.9. The molecular weight excluding hydrogens is 378 g/mol. The Bertz CT molecular complexity index is 881. The van der Waals surface area contributed by atoms with Crippen LogP contribution in [-0.4, -0.2) is 54.9 Å². The topological polar surface area (TPSA) is 83.7 Å². The monoisotopic (exact) mass is 397 g/mol. The van der Waals surface area contributed by atoms with Gasteiger partial charge in [0.2, 0.25) is 10.0 Å². The van der Waals surface area contributed by atoms with E-state index < -0.39 is 10.0 Å². The van der Waals surface area contributed by atoms with E-state index >= 15 is 0 Å². The summed E-state index contributed by atoms with van der Waals surface area (Å²) in [6, 6.07) is 6.76. The number of carbonyl (C=O) groups is 1. The molecule has 0 aliphatic carbocycles. The number of nitrogens with zero attached hydrogens (tertiary/aromatic N) is 3. The van der Waals surface area contributed by atoms with Gasteiger partial charge >= 0.3 is 0 Å². The van der Waals surface area contributed by atoms with Crippen molar-refractivity contribution in [1.29, 1.82) is 0 Å². The SMILES string of the molecule is Cc1noc(C)c1C(=O)N1CCN(S(=O)(=O)Cc2ccc(Cl)cc2)CC1. The molecule has 1 fully saturated rings. The fourth-order valence-electron chi connectivity index (χ4n) is 3.00. The summed E-state index contributed by atoms with van der Waals surface area (Å²) < 4.78 is 31.7. The highest BCUT2D eigenvalue weighted by molar-refractivity contribution is 7.88. The molecule has 0 saturated carbocycles. The van der Waals surface area contributed by atoms with Crippen molar-refractivity contribution >= 4 is 27.5 Å². The molecule has 2 heterocycles. The highest BCUT2D eigenvalue weighted by atomic mass is 35.5. The molecule has 1 aliphatic rings. The zero-order valence-corrected chi connectivity index (χ0v) is 16.2. The van der Waals surface area contributed by atoms with Crippen molar-refractivity contribution in [2.45, 2.75) is 19.6 Å². The van der Waals surface area contributed by atoms with E-state index in [0.29, 0.717) is 40.7 Å². The molecule has 1 amide bonds. The van der Waals surface area contributed by atoms with Gasteiger partial charge < -0.3 is 9.42 Å². The van der Waals surface area contributed by atoms with E-state index in [1.165, 1.54) is 4.31 Å². The van der Waals surface area contributed by atoms with Crippen LogP contribution in [0.1, 0.15) is 27.4 Å². The number of aryl methyl sites for hydroxylation is 2. The van der Waals surface area contributed by atoms with E-state index in [4.69, 9.17) is 16.1 Å². The second kappa shape index (κ2) is 7.38. The van der Waals surface area contributed by atoms with Crippen LogP contribution in [0.5, 0.6) is 0 Å². The van der Waals surface area contributed by atoms with Gasteiger partial charge in [-0.15, -0.1) is 0 Å². The number of hydrogen-bond acceptors (Lipinski definition) is 5. The second-order valence-corrected chi connectivity index (χ2v) is 8.68. The lowest BCUT2D eigenvalue weighted by atomic mass is 10.1. The molecule has 0 atom stereocenters. The molecule has 9 heteroatoms. The number of rotatable bonds is 4. The minimum atomic E-state index is -3.45. The van der Waals surface area contributed by atoms with Crippen molar-refractivity contribution in [2.75, 3.05) is 26.2 Å². The molecule has 1 aromatic carbocycles. The van der Waals surface area contributed by atoms with Gasteiger partial charge in [-0.3, -0.25) is 4.79 Å². The number of carbonyl (C=O) groups excluding carboxylic acids is 1. The molecule has 1 aliphatic heterocycles. The van der Waals surface area contributed by atoms with Crippen LogP contribution < -0.4 is 0 Å². The maximum Gasteiger partial charge on any atom is 0.259 e. The second-order valence-electron chi connectivity index (χ2n) is 6.27. The lowest BCUT2D eigenvalue weighted by molar-refractivity contribution is 0.0695. The third-order valence-electron chi connectivity index (χ3n) is 4.43. The van der Waals surface area contributed by atoms with Crippen LogP contribution in [0, 0.1) is 13.8 Å². The Balaban J connectivity index is 1.64. The van der Waals surface area contributed by atoms with Crippen LogP contribution in [0.4, 0.5) is 0 Å². The molecule has 2 aromatic rings. The van der Waals surface area contributed by atoms with Crippen molar-refractivity contribution < 1.29 is 17.7 Å². The molecule has 0 N–H and O–H groups in total. The highest BCUT2D eigenvalue weighted by Crippen LogP contribution is 2.19. The van der Waals surface area contributed by atoms with Crippen molar-refractivity contribution in [3.05, 3.63) is 51.9 Å². The van der Waals surface area contributed by atoms with Crippen LogP contribution in [0.3, 0.4) is 0 Å². The molecule has 0 spiro atoms. The number of benzene rings is 1. The van der Waals surface area contributed by atoms with E-state index in [0.717, 1.165) is 0 Å². The summed E-state index contributed by atoms with van der Waals surface area (Å²) in [5, 5.41) is 4.37. The first-order valence-corrected chi connectivity index (χ1v) is 10.2. The van der Waals surface area contributed by atoms with Crippen molar-refractivity contribution in [3.8, 4) is 0 Å². The van der Waals surface area contributed by atoms with E-state index in [1.807, 2.05) is 0 Å². The lowest BCUT2D eigenvalue weighted by Crippen LogP contribution is -2.50. The highest BCUT2D eigenvalue weighted by Gasteiger charge is 2.31. The third-order valence-corrected chi connectivity index (χ3v) is 6.53. The van der Waals surface area contributed by atoms with Gasteiger partial charge in [0.05, 0.1) is 11.4 Å². The van der Waals surface area contributed by atoms with Gasteiger partial charge in [0.1, 0.15) is 11.3 Å². The Morgan fingerprint density at radius 2 is 1.77 bits per heavy atom. The predicted octanol–water partition coefficient (Wildman–Crippen LogP) is 2.23. The average Bonchev–Trinajstić information content (AvgIpc) is 2.95. The molecule has 0 bridgehead atoms. The molecule has 7 nitrogen and oxygen atoms in total. The molecule has 0 radical (unpaired) electrons. The summed E-state index contributed by atoms with van der Waals surface area (Å²) in [6.45, 7) is 4.62. The first-order chi connectivity index (χ1) is 12.3. The van der Waals surface area contributed by atoms with Gasteiger partial charge in [0.15, 0.2) is 0 Å². The number of sulfonamides is 1. The van der Waals surface area contributed by atoms with E-state index in [1.54, 1.807) is 43.0 Å². The third kappa shape index (κ3) is 3.92. The summed E-state index contributed by atoms with van der Waals surface area (Å²) in [5.41, 5.74) is 1.69. The number of halogens is 1. The zero-order chi connectivity index (χ0) is 18.9. The normalized spacial score (nSPS) is 16.0. The van der Waals surface area contributed by atoms with Crippen LogP contribution in [0.25, 0.3) is 0 Å². The number of aromatic nitrogens is 1. The summed E-state index contributed by atoms with van der Waals surface area (Å²) in [6.07, 6.45) is 0. The summed E-state index contributed by atoms with van der Waals surface area (Å²) >= 11 is 5.83. The van der Waals surface area contributed by atoms with E-state index in [-0.39, 0.29) is 24.7 Å². The maximum absolute atomic E-state index is 12.6. The number of amides is 1. The molecular formula is C17H20ClN3O4S. The smallest absolute Gasteiger partial charge is 0.259 e. The molecule has 26 heavy (non-hydrogen) atoms. The zero-order valence-electron chi connectivity index (χ0n) is 14.6. The Morgan fingerprint density at radius 3 is 2.31 bits per heavy atom. The minimum absolute atomic E-state index is 0.0814. The fourth-order valence-corrected chi connectivity index (χ4v) is 4.64. The number of hydrogen-bond donors (Lipinski definition) is 0. The van der Waals surface area contributed by atoms with Crippen LogP contribution in [-0.2, 0) is 15.8 Å². The van der Waals surface area contributed by atoms with Crippen LogP contribution in [0.2, 0.25) is 5.02 Å². The van der Waals surface area contributed by atoms with Gasteiger partial charge in [-0.05, 0) is 31.5 Å². The van der Waals surface area contributed by atoms with Gasteiger partial charge in [-0.25, -0.2) is 8.42 Å². The largest absolute Gasteiger partial charge is 0.361 e. The van der Waals surface area contributed by atoms with Crippen molar-refractivity contribution in [2.24, 2.45) is 0 Å². The summed E-state index contributed by atoms with van der Waals surface area (Å²) in [4.78, 5) is 14.3. The van der Waals surface area contributed by atoms with E-state index in [2.05, 4.69) is 5.16 Å². The lowest BCUT2D eigenvalue weighted by Gasteiger charge is -2.34. The predicted molar refractivity (Wildman–Crippen MR) is 97.5 cm³/mol. The molecule has 3 rings (SSSR count). The van der Waals surface area contributed by atoms with Crippen LogP contribution >= 0.6 is 11.6 Å². The van der Waals surface area contributed by atoms with Crippen LogP contribution in [0.15, 0.2) is 28.8 Å². The average molecular weight is 398 g/mol. The minimum Gasteiger partial charge on any atom is -0.361 e. The molecule has 0 unspecified atom stereocenters. The fraction of sp³-hybridized carbons (Fsp3) is 0.412. The first-order valence-electron chi connectivity index (χ1n) is 8.22. The Hall–Kier alpha value is -1.90. The maximum atomic E-state index is 12.6.